The number of piperazine rings is 1. The molecule has 2 fully saturated rings. The van der Waals surface area contributed by atoms with Crippen LogP contribution in [-0.2, 0) is 16.1 Å². The first-order chi connectivity index (χ1) is 18.7. The molecular formula is C30H40N4O5. The van der Waals surface area contributed by atoms with Crippen LogP contribution in [0.25, 0.3) is 0 Å². The van der Waals surface area contributed by atoms with Gasteiger partial charge in [-0.15, -0.1) is 0 Å². The second-order valence-corrected chi connectivity index (χ2v) is 10.8. The number of rotatable bonds is 9. The standard InChI is InChI=1S/C30H40N4O5/c1-5-16-34-28(37)25(26(35)20(2)3)32-29(38)30(34)14-17-33(18-15-30)19-21-6-10-23(11-7-21)39-24-12-8-22(9-13-24)27(36)31-4/h6-13,20,25-26,35H,5,14-19H2,1-4H3,(H,31,36)(H,32,38)/t25-,26-/m1/s1. The van der Waals surface area contributed by atoms with E-state index in [1.807, 2.05) is 45.0 Å². The van der Waals surface area contributed by atoms with E-state index in [9.17, 15) is 19.5 Å². The lowest BCUT2D eigenvalue weighted by Crippen LogP contribution is -2.74. The van der Waals surface area contributed by atoms with E-state index >= 15 is 0 Å². The van der Waals surface area contributed by atoms with Crippen LogP contribution in [0.2, 0.25) is 0 Å². The first kappa shape index (κ1) is 28.6. The molecule has 2 aromatic carbocycles. The Morgan fingerprint density at radius 3 is 2.21 bits per heavy atom. The van der Waals surface area contributed by atoms with Crippen LogP contribution in [0.5, 0.6) is 11.5 Å². The predicted molar refractivity (Wildman–Crippen MR) is 148 cm³/mol. The predicted octanol–water partition coefficient (Wildman–Crippen LogP) is 2.93. The molecule has 2 aromatic rings. The maximum Gasteiger partial charge on any atom is 0.251 e. The van der Waals surface area contributed by atoms with E-state index in [1.165, 1.54) is 0 Å². The number of likely N-dealkylation sites (tertiary alicyclic amines) is 1. The van der Waals surface area contributed by atoms with Gasteiger partial charge >= 0.3 is 0 Å². The molecule has 0 aliphatic carbocycles. The summed E-state index contributed by atoms with van der Waals surface area (Å²) in [6.45, 7) is 8.31. The van der Waals surface area contributed by atoms with Crippen molar-refractivity contribution >= 4 is 17.7 Å². The molecule has 3 amide bonds. The normalized spacial score (nSPS) is 20.2. The van der Waals surface area contributed by atoms with Gasteiger partial charge in [-0.25, -0.2) is 0 Å². The maximum atomic E-state index is 13.4. The van der Waals surface area contributed by atoms with Crippen molar-refractivity contribution in [2.45, 2.75) is 64.3 Å². The number of aliphatic hydroxyl groups excluding tert-OH is 1. The lowest BCUT2D eigenvalue weighted by atomic mass is 9.80. The Balaban J connectivity index is 1.36. The van der Waals surface area contributed by atoms with Gasteiger partial charge in [0.25, 0.3) is 5.91 Å². The van der Waals surface area contributed by atoms with Crippen LogP contribution in [0.15, 0.2) is 48.5 Å². The summed E-state index contributed by atoms with van der Waals surface area (Å²) in [5, 5.41) is 16.0. The SMILES string of the molecule is CCCN1C(=O)[C@@H]([C@H](O)C(C)C)NC(=O)C12CCN(Cc1ccc(Oc3ccc(C(=O)NC)cc3)cc1)CC2. The van der Waals surface area contributed by atoms with E-state index in [1.54, 1.807) is 36.2 Å². The van der Waals surface area contributed by atoms with Crippen molar-refractivity contribution in [2.75, 3.05) is 26.7 Å². The maximum absolute atomic E-state index is 13.4. The largest absolute Gasteiger partial charge is 0.457 e. The number of hydrogen-bond donors (Lipinski definition) is 3. The molecule has 9 heteroatoms. The van der Waals surface area contributed by atoms with Gasteiger partial charge in [-0.05, 0) is 67.1 Å². The minimum Gasteiger partial charge on any atom is -0.457 e. The molecule has 39 heavy (non-hydrogen) atoms. The van der Waals surface area contributed by atoms with Crippen molar-refractivity contribution in [1.82, 2.24) is 20.4 Å². The molecule has 2 heterocycles. The zero-order valence-corrected chi connectivity index (χ0v) is 23.3. The molecule has 210 valence electrons. The van der Waals surface area contributed by atoms with Crippen LogP contribution >= 0.6 is 0 Å². The van der Waals surface area contributed by atoms with Crippen molar-refractivity contribution in [3.63, 3.8) is 0 Å². The summed E-state index contributed by atoms with van der Waals surface area (Å²) >= 11 is 0. The number of hydrogen-bond acceptors (Lipinski definition) is 6. The Hall–Kier alpha value is -3.43. The molecule has 0 saturated carbocycles. The van der Waals surface area contributed by atoms with Gasteiger partial charge in [0.1, 0.15) is 23.1 Å². The molecule has 2 saturated heterocycles. The minimum absolute atomic E-state index is 0.134. The minimum atomic E-state index is -0.910. The Morgan fingerprint density at radius 1 is 1.08 bits per heavy atom. The summed E-state index contributed by atoms with van der Waals surface area (Å²) in [6.07, 6.45) is 0.957. The molecular weight excluding hydrogens is 496 g/mol. The van der Waals surface area contributed by atoms with Crippen molar-refractivity contribution in [1.29, 1.82) is 0 Å². The monoisotopic (exact) mass is 536 g/mol. The lowest BCUT2D eigenvalue weighted by Gasteiger charge is -2.52. The molecule has 0 radical (unpaired) electrons. The number of nitrogens with one attached hydrogen (secondary N) is 2. The zero-order chi connectivity index (χ0) is 28.2. The number of carbonyl (C=O) groups excluding carboxylic acids is 3. The average molecular weight is 537 g/mol. The van der Waals surface area contributed by atoms with Crippen LogP contribution in [-0.4, -0.2) is 77.0 Å². The number of amides is 3. The highest BCUT2D eigenvalue weighted by Gasteiger charge is 2.54. The van der Waals surface area contributed by atoms with Crippen LogP contribution < -0.4 is 15.4 Å². The molecule has 0 bridgehead atoms. The van der Waals surface area contributed by atoms with Crippen LogP contribution in [0.3, 0.4) is 0 Å². The number of carbonyl (C=O) groups is 3. The van der Waals surface area contributed by atoms with E-state index in [4.69, 9.17) is 4.74 Å². The summed E-state index contributed by atoms with van der Waals surface area (Å²) in [5.74, 6) is 0.753. The molecule has 4 rings (SSSR count). The third-order valence-corrected chi connectivity index (χ3v) is 7.82. The molecule has 9 nitrogen and oxygen atoms in total. The van der Waals surface area contributed by atoms with Crippen molar-refractivity contribution in [3.8, 4) is 11.5 Å². The molecule has 3 N–H and O–H groups in total. The Kier molecular flexibility index (Phi) is 8.92. The van der Waals surface area contributed by atoms with Crippen molar-refractivity contribution in [3.05, 3.63) is 59.7 Å². The zero-order valence-electron chi connectivity index (χ0n) is 23.3. The van der Waals surface area contributed by atoms with E-state index in [0.29, 0.717) is 49.5 Å². The lowest BCUT2D eigenvalue weighted by molar-refractivity contribution is -0.165. The smallest absolute Gasteiger partial charge is 0.251 e. The highest BCUT2D eigenvalue weighted by Crippen LogP contribution is 2.35. The molecule has 1 spiro atoms. The molecule has 2 aliphatic rings. The Bertz CT molecular complexity index is 1160. The molecule has 0 unspecified atom stereocenters. The molecule has 0 aromatic heterocycles. The van der Waals surface area contributed by atoms with E-state index in [2.05, 4.69) is 15.5 Å². The second-order valence-electron chi connectivity index (χ2n) is 10.8. The number of ether oxygens (including phenoxy) is 1. The average Bonchev–Trinajstić information content (AvgIpc) is 2.94. The summed E-state index contributed by atoms with van der Waals surface area (Å²) in [6, 6.07) is 14.0. The van der Waals surface area contributed by atoms with Gasteiger partial charge < -0.3 is 25.4 Å². The fraction of sp³-hybridized carbons (Fsp3) is 0.500. The Morgan fingerprint density at radius 2 is 1.67 bits per heavy atom. The Labute approximate surface area is 230 Å². The number of piperidine rings is 1. The topological polar surface area (TPSA) is 111 Å². The second kappa shape index (κ2) is 12.2. The number of aliphatic hydroxyl groups is 1. The quantitative estimate of drug-likeness (QED) is 0.455. The highest BCUT2D eigenvalue weighted by atomic mass is 16.5. The van der Waals surface area contributed by atoms with Gasteiger partial charge in [0.2, 0.25) is 11.8 Å². The summed E-state index contributed by atoms with van der Waals surface area (Å²) in [4.78, 5) is 42.5. The molecule has 2 aliphatic heterocycles. The van der Waals surface area contributed by atoms with Crippen LogP contribution in [0, 0.1) is 5.92 Å². The van der Waals surface area contributed by atoms with Crippen molar-refractivity contribution < 1.29 is 24.2 Å². The summed E-state index contributed by atoms with van der Waals surface area (Å²) < 4.78 is 5.92. The fourth-order valence-electron chi connectivity index (χ4n) is 5.46. The van der Waals surface area contributed by atoms with Gasteiger partial charge in [0.05, 0.1) is 6.10 Å². The number of nitrogens with zero attached hydrogens (tertiary/aromatic N) is 2. The third-order valence-electron chi connectivity index (χ3n) is 7.82. The van der Waals surface area contributed by atoms with Gasteiger partial charge in [0.15, 0.2) is 0 Å². The van der Waals surface area contributed by atoms with Crippen molar-refractivity contribution in [2.24, 2.45) is 5.92 Å². The van der Waals surface area contributed by atoms with Gasteiger partial charge in [-0.2, -0.15) is 0 Å². The van der Waals surface area contributed by atoms with Crippen LogP contribution in [0.4, 0.5) is 0 Å². The summed E-state index contributed by atoms with van der Waals surface area (Å²) in [7, 11) is 1.60. The van der Waals surface area contributed by atoms with Gasteiger partial charge in [0, 0.05) is 38.8 Å². The van der Waals surface area contributed by atoms with E-state index in [0.717, 1.165) is 18.5 Å². The van der Waals surface area contributed by atoms with E-state index < -0.39 is 17.7 Å². The first-order valence-electron chi connectivity index (χ1n) is 13.8. The van der Waals surface area contributed by atoms with Gasteiger partial charge in [-0.1, -0.05) is 32.9 Å². The highest BCUT2D eigenvalue weighted by molar-refractivity contribution is 6.00. The van der Waals surface area contributed by atoms with E-state index in [-0.39, 0.29) is 23.6 Å². The third kappa shape index (κ3) is 6.09. The first-order valence-corrected chi connectivity index (χ1v) is 13.8. The fourth-order valence-corrected chi connectivity index (χ4v) is 5.46. The van der Waals surface area contributed by atoms with Gasteiger partial charge in [-0.3, -0.25) is 19.3 Å². The molecule has 2 atom stereocenters. The summed E-state index contributed by atoms with van der Waals surface area (Å²) in [5.41, 5.74) is 0.842. The van der Waals surface area contributed by atoms with Crippen LogP contribution in [0.1, 0.15) is 56.0 Å². The number of benzene rings is 2.